The zero-order chi connectivity index (χ0) is 21.9. The standard InChI is InChI=1S/C16H21NO3.C9H16O/c1-12(18)14-9-5-6-10-15(14)17-16(19)20-11-13-7-3-2-4-8-13;1-7-5-3-4-6-9(7)8(2)10/h2-4,7-8,14-15H,5-6,9-11H2,1H3,(H,17,19);7,9H,3-6H2,1-2H3/t14-,15-;7-,9+/m00/s1. The zero-order valence-electron chi connectivity index (χ0n) is 18.7. The summed E-state index contributed by atoms with van der Waals surface area (Å²) in [6.07, 6.45) is 8.35. The summed E-state index contributed by atoms with van der Waals surface area (Å²) in [5.74, 6) is 1.51. The number of Topliss-reactive ketones (excluding diaryl/α,β-unsaturated/α-hetero) is 2. The quantitative estimate of drug-likeness (QED) is 0.693. The average Bonchev–Trinajstić information content (AvgIpc) is 2.74. The summed E-state index contributed by atoms with van der Waals surface area (Å²) in [4.78, 5) is 34.4. The predicted molar refractivity (Wildman–Crippen MR) is 118 cm³/mol. The third-order valence-electron chi connectivity index (χ3n) is 6.44. The van der Waals surface area contributed by atoms with E-state index in [9.17, 15) is 14.4 Å². The molecule has 2 saturated carbocycles. The Balaban J connectivity index is 0.000000269. The van der Waals surface area contributed by atoms with E-state index in [1.54, 1.807) is 13.8 Å². The van der Waals surface area contributed by atoms with E-state index in [0.29, 0.717) is 17.6 Å². The van der Waals surface area contributed by atoms with Gasteiger partial charge in [-0.2, -0.15) is 0 Å². The van der Waals surface area contributed by atoms with E-state index in [0.717, 1.165) is 37.7 Å². The van der Waals surface area contributed by atoms with E-state index in [1.807, 2.05) is 30.3 Å². The van der Waals surface area contributed by atoms with Gasteiger partial charge in [0, 0.05) is 17.9 Å². The molecule has 2 fully saturated rings. The van der Waals surface area contributed by atoms with Crippen molar-refractivity contribution in [3.63, 3.8) is 0 Å². The van der Waals surface area contributed by atoms with Crippen LogP contribution in [0.15, 0.2) is 30.3 Å². The molecule has 0 saturated heterocycles. The Morgan fingerprint density at radius 3 is 2.00 bits per heavy atom. The normalized spacial score (nSPS) is 26.0. The van der Waals surface area contributed by atoms with Crippen LogP contribution in [0.4, 0.5) is 4.79 Å². The lowest BCUT2D eigenvalue weighted by Gasteiger charge is -2.30. The van der Waals surface area contributed by atoms with Crippen LogP contribution in [0.3, 0.4) is 0 Å². The third-order valence-corrected chi connectivity index (χ3v) is 6.44. The number of nitrogens with one attached hydrogen (secondary N) is 1. The van der Waals surface area contributed by atoms with Crippen molar-refractivity contribution in [2.45, 2.75) is 84.8 Å². The highest BCUT2D eigenvalue weighted by Gasteiger charge is 2.30. The Morgan fingerprint density at radius 2 is 1.43 bits per heavy atom. The minimum atomic E-state index is -0.438. The maximum absolute atomic E-state index is 11.8. The number of carbonyl (C=O) groups is 3. The fourth-order valence-corrected chi connectivity index (χ4v) is 4.63. The Labute approximate surface area is 181 Å². The highest BCUT2D eigenvalue weighted by Crippen LogP contribution is 2.29. The molecular weight excluding hydrogens is 378 g/mol. The van der Waals surface area contributed by atoms with Gasteiger partial charge in [-0.25, -0.2) is 4.79 Å². The van der Waals surface area contributed by atoms with Gasteiger partial charge in [0.05, 0.1) is 0 Å². The van der Waals surface area contributed by atoms with Gasteiger partial charge in [0.15, 0.2) is 0 Å². The van der Waals surface area contributed by atoms with Crippen LogP contribution in [0.2, 0.25) is 0 Å². The molecule has 30 heavy (non-hydrogen) atoms. The number of carbonyl (C=O) groups excluding carboxylic acids is 3. The minimum absolute atomic E-state index is 0.0620. The number of ketones is 2. The molecule has 0 unspecified atom stereocenters. The molecule has 5 nitrogen and oxygen atoms in total. The van der Waals surface area contributed by atoms with Crippen LogP contribution < -0.4 is 5.32 Å². The fourth-order valence-electron chi connectivity index (χ4n) is 4.63. The topological polar surface area (TPSA) is 72.5 Å². The first-order valence-electron chi connectivity index (χ1n) is 11.4. The maximum Gasteiger partial charge on any atom is 0.407 e. The second-order valence-electron chi connectivity index (χ2n) is 8.79. The van der Waals surface area contributed by atoms with Crippen molar-refractivity contribution in [3.8, 4) is 0 Å². The van der Waals surface area contributed by atoms with Gasteiger partial charge in [-0.1, -0.05) is 69.4 Å². The molecule has 0 spiro atoms. The SMILES string of the molecule is CC(=O)[C@@H]1CCCC[C@@H]1C.CC(=O)[C@@H]1CCCC[C@@H]1NC(=O)OCc1ccccc1. The van der Waals surface area contributed by atoms with Crippen molar-refractivity contribution in [1.82, 2.24) is 5.32 Å². The summed E-state index contributed by atoms with van der Waals surface area (Å²) in [5.41, 5.74) is 0.953. The number of amides is 1. The van der Waals surface area contributed by atoms with Crippen molar-refractivity contribution < 1.29 is 19.1 Å². The monoisotopic (exact) mass is 415 g/mol. The largest absolute Gasteiger partial charge is 0.445 e. The number of hydrogen-bond acceptors (Lipinski definition) is 4. The lowest BCUT2D eigenvalue weighted by atomic mass is 9.78. The van der Waals surface area contributed by atoms with Gasteiger partial charge in [0.1, 0.15) is 18.2 Å². The van der Waals surface area contributed by atoms with Gasteiger partial charge in [-0.05, 0) is 44.6 Å². The van der Waals surface area contributed by atoms with Crippen LogP contribution >= 0.6 is 0 Å². The van der Waals surface area contributed by atoms with E-state index < -0.39 is 6.09 Å². The Kier molecular flexibility index (Phi) is 10.0. The smallest absolute Gasteiger partial charge is 0.407 e. The summed E-state index contributed by atoms with van der Waals surface area (Å²) in [5, 5.41) is 2.84. The molecule has 4 atom stereocenters. The molecule has 1 amide bonds. The van der Waals surface area contributed by atoms with Crippen molar-refractivity contribution >= 4 is 17.7 Å². The van der Waals surface area contributed by atoms with Crippen LogP contribution in [0.1, 0.15) is 77.7 Å². The van der Waals surface area contributed by atoms with Crippen LogP contribution in [0, 0.1) is 17.8 Å². The minimum Gasteiger partial charge on any atom is -0.445 e. The van der Waals surface area contributed by atoms with Crippen molar-refractivity contribution in [2.24, 2.45) is 17.8 Å². The first kappa shape index (κ1) is 24.1. The summed E-state index contributed by atoms with van der Waals surface area (Å²) in [6.45, 7) is 5.78. The molecule has 2 aliphatic carbocycles. The molecule has 0 aliphatic heterocycles. The molecule has 1 aromatic carbocycles. The van der Waals surface area contributed by atoms with Crippen molar-refractivity contribution in [2.75, 3.05) is 0 Å². The lowest BCUT2D eigenvalue weighted by Crippen LogP contribution is -2.44. The molecule has 1 N–H and O–H groups in total. The average molecular weight is 416 g/mol. The Bertz CT molecular complexity index is 688. The van der Waals surface area contributed by atoms with Gasteiger partial charge in [0.25, 0.3) is 0 Å². The van der Waals surface area contributed by atoms with E-state index >= 15 is 0 Å². The number of ether oxygens (including phenoxy) is 1. The highest BCUT2D eigenvalue weighted by molar-refractivity contribution is 5.80. The van der Waals surface area contributed by atoms with Crippen molar-refractivity contribution in [1.29, 1.82) is 0 Å². The predicted octanol–water partition coefficient (Wildman–Crippen LogP) is 5.46. The first-order valence-corrected chi connectivity index (χ1v) is 11.4. The van der Waals surface area contributed by atoms with Gasteiger partial charge in [-0.3, -0.25) is 9.59 Å². The molecule has 166 valence electrons. The molecule has 3 rings (SSSR count). The second-order valence-corrected chi connectivity index (χ2v) is 8.79. The number of alkyl carbamates (subject to hydrolysis) is 1. The fraction of sp³-hybridized carbons (Fsp3) is 0.640. The summed E-state index contributed by atoms with van der Waals surface area (Å²) in [6, 6.07) is 9.47. The zero-order valence-corrected chi connectivity index (χ0v) is 18.7. The van der Waals surface area contributed by atoms with Crippen LogP contribution in [0.5, 0.6) is 0 Å². The lowest BCUT2D eigenvalue weighted by molar-refractivity contribution is -0.123. The Hall–Kier alpha value is -2.17. The third kappa shape index (κ3) is 7.92. The van der Waals surface area contributed by atoms with E-state index in [2.05, 4.69) is 12.2 Å². The molecule has 0 bridgehead atoms. The summed E-state index contributed by atoms with van der Waals surface area (Å²) < 4.78 is 5.20. The maximum atomic E-state index is 11.8. The van der Waals surface area contributed by atoms with Crippen LogP contribution in [0.25, 0.3) is 0 Å². The van der Waals surface area contributed by atoms with E-state index in [-0.39, 0.29) is 24.3 Å². The number of rotatable bonds is 5. The molecule has 0 aromatic heterocycles. The molecular formula is C25H37NO4. The van der Waals surface area contributed by atoms with E-state index in [4.69, 9.17) is 4.74 Å². The summed E-state index contributed by atoms with van der Waals surface area (Å²) in [7, 11) is 0. The van der Waals surface area contributed by atoms with Crippen molar-refractivity contribution in [3.05, 3.63) is 35.9 Å². The van der Waals surface area contributed by atoms with Gasteiger partial charge < -0.3 is 10.1 Å². The Morgan fingerprint density at radius 1 is 0.867 bits per heavy atom. The molecule has 0 heterocycles. The number of benzene rings is 1. The highest BCUT2D eigenvalue weighted by atomic mass is 16.5. The van der Waals surface area contributed by atoms with Crippen LogP contribution in [-0.4, -0.2) is 23.7 Å². The van der Waals surface area contributed by atoms with E-state index in [1.165, 1.54) is 19.3 Å². The molecule has 1 aromatic rings. The summed E-state index contributed by atoms with van der Waals surface area (Å²) >= 11 is 0. The first-order chi connectivity index (χ1) is 14.4. The molecule has 0 radical (unpaired) electrons. The van der Waals surface area contributed by atoms with Crippen LogP contribution in [-0.2, 0) is 20.9 Å². The van der Waals surface area contributed by atoms with Gasteiger partial charge in [-0.15, -0.1) is 0 Å². The van der Waals surface area contributed by atoms with Gasteiger partial charge in [0.2, 0.25) is 0 Å². The second kappa shape index (κ2) is 12.5. The number of hydrogen-bond donors (Lipinski definition) is 1. The van der Waals surface area contributed by atoms with Gasteiger partial charge >= 0.3 is 6.09 Å². The molecule has 2 aliphatic rings. The molecule has 5 heteroatoms.